The standard InChI is InChI=1S/C14H22BrN5O/c1-2-7-16-13-12(15)14(19-9-18-13)17-8-3-4-11(21)20-10-5-6-10/h9-10H,2-8H2,1H3,(H,20,21)(H2,16,17,18,19). The third kappa shape index (κ3) is 5.49. The van der Waals surface area contributed by atoms with Crippen LogP contribution in [-0.2, 0) is 4.79 Å². The summed E-state index contributed by atoms with van der Waals surface area (Å²) in [6, 6.07) is 0.439. The topological polar surface area (TPSA) is 78.9 Å². The minimum Gasteiger partial charge on any atom is -0.369 e. The van der Waals surface area contributed by atoms with E-state index in [0.717, 1.165) is 48.3 Å². The van der Waals surface area contributed by atoms with Crippen molar-refractivity contribution in [1.29, 1.82) is 0 Å². The van der Waals surface area contributed by atoms with Crippen LogP contribution in [0, 0.1) is 0 Å². The van der Waals surface area contributed by atoms with Crippen molar-refractivity contribution in [2.45, 2.75) is 45.1 Å². The Balaban J connectivity index is 1.73. The first-order chi connectivity index (χ1) is 10.2. The first kappa shape index (κ1) is 16.0. The molecule has 0 radical (unpaired) electrons. The summed E-state index contributed by atoms with van der Waals surface area (Å²) >= 11 is 3.50. The Hall–Kier alpha value is -1.37. The van der Waals surface area contributed by atoms with Gasteiger partial charge >= 0.3 is 0 Å². The number of anilines is 2. The Morgan fingerprint density at radius 3 is 2.57 bits per heavy atom. The van der Waals surface area contributed by atoms with Crippen LogP contribution in [0.3, 0.4) is 0 Å². The molecule has 1 fully saturated rings. The molecule has 116 valence electrons. The molecule has 1 heterocycles. The number of halogens is 1. The number of hydrogen-bond donors (Lipinski definition) is 3. The number of amides is 1. The van der Waals surface area contributed by atoms with Crippen LogP contribution in [0.4, 0.5) is 11.6 Å². The monoisotopic (exact) mass is 355 g/mol. The van der Waals surface area contributed by atoms with Crippen molar-refractivity contribution in [3.8, 4) is 0 Å². The molecule has 6 nitrogen and oxygen atoms in total. The van der Waals surface area contributed by atoms with Gasteiger partial charge in [0.15, 0.2) is 0 Å². The van der Waals surface area contributed by atoms with Crippen LogP contribution < -0.4 is 16.0 Å². The summed E-state index contributed by atoms with van der Waals surface area (Å²) in [5, 5.41) is 9.46. The molecule has 0 atom stereocenters. The number of aromatic nitrogens is 2. The van der Waals surface area contributed by atoms with Gasteiger partial charge in [-0.2, -0.15) is 0 Å². The van der Waals surface area contributed by atoms with Gasteiger partial charge in [-0.15, -0.1) is 0 Å². The quantitative estimate of drug-likeness (QED) is 0.593. The molecule has 0 saturated heterocycles. The van der Waals surface area contributed by atoms with E-state index in [1.54, 1.807) is 0 Å². The largest absolute Gasteiger partial charge is 0.369 e. The lowest BCUT2D eigenvalue weighted by molar-refractivity contribution is -0.121. The van der Waals surface area contributed by atoms with E-state index in [0.29, 0.717) is 19.0 Å². The van der Waals surface area contributed by atoms with Gasteiger partial charge in [0.2, 0.25) is 5.91 Å². The Bertz CT molecular complexity index is 478. The summed E-state index contributed by atoms with van der Waals surface area (Å²) < 4.78 is 0.834. The van der Waals surface area contributed by atoms with Gasteiger partial charge in [0.05, 0.1) is 0 Å². The van der Waals surface area contributed by atoms with Gasteiger partial charge in [0.25, 0.3) is 0 Å². The Kier molecular flexibility index (Phi) is 6.22. The molecular weight excluding hydrogens is 334 g/mol. The maximum Gasteiger partial charge on any atom is 0.220 e. The third-order valence-electron chi connectivity index (χ3n) is 3.15. The number of rotatable bonds is 9. The van der Waals surface area contributed by atoms with E-state index in [9.17, 15) is 4.79 Å². The molecule has 2 rings (SSSR count). The molecule has 3 N–H and O–H groups in total. The minimum absolute atomic E-state index is 0.145. The maximum absolute atomic E-state index is 11.6. The van der Waals surface area contributed by atoms with Crippen LogP contribution in [0.1, 0.15) is 39.0 Å². The van der Waals surface area contributed by atoms with Gasteiger partial charge in [-0.05, 0) is 41.6 Å². The zero-order valence-corrected chi connectivity index (χ0v) is 13.9. The first-order valence-electron chi connectivity index (χ1n) is 7.48. The average Bonchev–Trinajstić information content (AvgIpc) is 3.27. The molecule has 0 aliphatic heterocycles. The van der Waals surface area contributed by atoms with E-state index in [1.807, 2.05) is 0 Å². The second kappa shape index (κ2) is 8.17. The summed E-state index contributed by atoms with van der Waals surface area (Å²) in [5.74, 6) is 1.69. The highest BCUT2D eigenvalue weighted by molar-refractivity contribution is 9.10. The SMILES string of the molecule is CCCNc1ncnc(NCCCC(=O)NC2CC2)c1Br. The highest BCUT2D eigenvalue weighted by Crippen LogP contribution is 2.26. The second-order valence-electron chi connectivity index (χ2n) is 5.18. The number of carbonyl (C=O) groups excluding carboxylic acids is 1. The van der Waals surface area contributed by atoms with E-state index in [4.69, 9.17) is 0 Å². The second-order valence-corrected chi connectivity index (χ2v) is 5.98. The zero-order chi connectivity index (χ0) is 15.1. The average molecular weight is 356 g/mol. The molecule has 1 saturated carbocycles. The predicted molar refractivity (Wildman–Crippen MR) is 87.4 cm³/mol. The fraction of sp³-hybridized carbons (Fsp3) is 0.643. The molecule has 0 bridgehead atoms. The third-order valence-corrected chi connectivity index (χ3v) is 3.90. The summed E-state index contributed by atoms with van der Waals surface area (Å²) in [7, 11) is 0. The number of nitrogens with one attached hydrogen (secondary N) is 3. The molecule has 0 aromatic carbocycles. The van der Waals surface area contributed by atoms with Crippen LogP contribution in [0.15, 0.2) is 10.8 Å². The molecule has 1 aliphatic carbocycles. The molecule has 1 aromatic rings. The molecular formula is C14H22BrN5O. The van der Waals surface area contributed by atoms with E-state index in [1.165, 1.54) is 6.33 Å². The summed E-state index contributed by atoms with van der Waals surface area (Å²) in [6.45, 7) is 3.69. The lowest BCUT2D eigenvalue weighted by Gasteiger charge is -2.11. The minimum atomic E-state index is 0.145. The summed E-state index contributed by atoms with van der Waals surface area (Å²) in [6.07, 6.45) is 6.16. The van der Waals surface area contributed by atoms with E-state index in [-0.39, 0.29) is 5.91 Å². The van der Waals surface area contributed by atoms with Gasteiger partial charge in [-0.25, -0.2) is 9.97 Å². The van der Waals surface area contributed by atoms with Crippen molar-refractivity contribution in [2.24, 2.45) is 0 Å². The van der Waals surface area contributed by atoms with Crippen molar-refractivity contribution < 1.29 is 4.79 Å². The van der Waals surface area contributed by atoms with Crippen LogP contribution in [-0.4, -0.2) is 35.0 Å². The van der Waals surface area contributed by atoms with Gasteiger partial charge in [0.1, 0.15) is 22.4 Å². The number of hydrogen-bond acceptors (Lipinski definition) is 5. The smallest absolute Gasteiger partial charge is 0.220 e. The van der Waals surface area contributed by atoms with Gasteiger partial charge in [0, 0.05) is 25.6 Å². The molecule has 1 aromatic heterocycles. The molecule has 7 heteroatoms. The van der Waals surface area contributed by atoms with Crippen molar-refractivity contribution in [2.75, 3.05) is 23.7 Å². The van der Waals surface area contributed by atoms with E-state index < -0.39 is 0 Å². The molecule has 21 heavy (non-hydrogen) atoms. The highest BCUT2D eigenvalue weighted by Gasteiger charge is 2.22. The van der Waals surface area contributed by atoms with Crippen molar-refractivity contribution in [1.82, 2.24) is 15.3 Å². The van der Waals surface area contributed by atoms with Crippen LogP contribution in [0.5, 0.6) is 0 Å². The highest BCUT2D eigenvalue weighted by atomic mass is 79.9. The van der Waals surface area contributed by atoms with Crippen LogP contribution in [0.25, 0.3) is 0 Å². The van der Waals surface area contributed by atoms with Crippen molar-refractivity contribution in [3.05, 3.63) is 10.8 Å². The Labute approximate surface area is 133 Å². The zero-order valence-electron chi connectivity index (χ0n) is 12.3. The molecule has 1 amide bonds. The van der Waals surface area contributed by atoms with Gasteiger partial charge in [-0.3, -0.25) is 4.79 Å². The molecule has 1 aliphatic rings. The van der Waals surface area contributed by atoms with E-state index >= 15 is 0 Å². The summed E-state index contributed by atoms with van der Waals surface area (Å²) in [4.78, 5) is 20.0. The maximum atomic E-state index is 11.6. The normalized spacial score (nSPS) is 13.8. The van der Waals surface area contributed by atoms with E-state index in [2.05, 4.69) is 48.8 Å². The van der Waals surface area contributed by atoms with Gasteiger partial charge in [-0.1, -0.05) is 6.92 Å². The molecule has 0 unspecified atom stereocenters. The van der Waals surface area contributed by atoms with Crippen molar-refractivity contribution in [3.63, 3.8) is 0 Å². The van der Waals surface area contributed by atoms with Crippen LogP contribution in [0.2, 0.25) is 0 Å². The van der Waals surface area contributed by atoms with Crippen molar-refractivity contribution >= 4 is 33.5 Å². The number of carbonyl (C=O) groups is 1. The fourth-order valence-corrected chi connectivity index (χ4v) is 2.33. The lowest BCUT2D eigenvalue weighted by Crippen LogP contribution is -2.25. The summed E-state index contributed by atoms with van der Waals surface area (Å²) in [5.41, 5.74) is 0. The Morgan fingerprint density at radius 1 is 1.29 bits per heavy atom. The predicted octanol–water partition coefficient (Wildman–Crippen LogP) is 2.53. The van der Waals surface area contributed by atoms with Crippen LogP contribution >= 0.6 is 15.9 Å². The molecule has 0 spiro atoms. The first-order valence-corrected chi connectivity index (χ1v) is 8.27. The van der Waals surface area contributed by atoms with Gasteiger partial charge < -0.3 is 16.0 Å². The number of nitrogens with zero attached hydrogens (tertiary/aromatic N) is 2. The lowest BCUT2D eigenvalue weighted by atomic mass is 10.3. The Morgan fingerprint density at radius 2 is 1.95 bits per heavy atom. The fourth-order valence-electron chi connectivity index (χ4n) is 1.84.